The van der Waals surface area contributed by atoms with Crippen LogP contribution in [0.25, 0.3) is 0 Å². The molecule has 2 aliphatic heterocycles. The number of hydrogen-bond acceptors (Lipinski definition) is 8. The molecule has 1 saturated carbocycles. The molecule has 17 heavy (non-hydrogen) atoms. The van der Waals surface area contributed by atoms with Crippen LogP contribution in [0.15, 0.2) is 0 Å². The number of hydrogen-bond donors (Lipinski definition) is 0. The molecule has 10 heteroatoms. The maximum Gasteiger partial charge on any atom is 0.400 e. The Morgan fingerprint density at radius 3 is 1.53 bits per heavy atom. The van der Waals surface area contributed by atoms with Crippen LogP contribution in [-0.2, 0) is 37.5 Å². The van der Waals surface area contributed by atoms with E-state index in [0.29, 0.717) is 19.3 Å². The third-order valence-electron chi connectivity index (χ3n) is 2.97. The summed E-state index contributed by atoms with van der Waals surface area (Å²) < 4.78 is 63.6. The summed E-state index contributed by atoms with van der Waals surface area (Å²) in [7, 11) is -8.10. The Bertz CT molecular complexity index is 474. The van der Waals surface area contributed by atoms with Crippen LogP contribution in [0.5, 0.6) is 0 Å². The fourth-order valence-corrected chi connectivity index (χ4v) is 4.45. The van der Waals surface area contributed by atoms with E-state index in [2.05, 4.69) is 0 Å². The molecule has 0 radical (unpaired) electrons. The summed E-state index contributed by atoms with van der Waals surface area (Å²) in [5, 5.41) is 0. The highest BCUT2D eigenvalue weighted by atomic mass is 32.3. The van der Waals surface area contributed by atoms with Gasteiger partial charge in [0.15, 0.2) is 0 Å². The minimum Gasteiger partial charge on any atom is -0.242 e. The molecule has 2 heterocycles. The topological polar surface area (TPSA) is 105 Å². The molecule has 1 aliphatic carbocycles. The van der Waals surface area contributed by atoms with Gasteiger partial charge in [-0.3, -0.25) is 0 Å². The molecule has 3 rings (SSSR count). The van der Waals surface area contributed by atoms with Gasteiger partial charge >= 0.3 is 20.8 Å². The molecule has 0 aromatic heterocycles. The normalized spacial score (nSPS) is 47.1. The zero-order valence-corrected chi connectivity index (χ0v) is 10.1. The standard InChI is InChI=1S/C7H10O8S2/c8-16(9)12-4-2-1-3-5-7(6(4)14-16)15-17(10,11)13-5/h4-7H,1-3H2. The van der Waals surface area contributed by atoms with E-state index in [4.69, 9.17) is 16.7 Å². The summed E-state index contributed by atoms with van der Waals surface area (Å²) in [5.74, 6) is 0. The molecule has 0 aromatic rings. The Morgan fingerprint density at radius 1 is 0.706 bits per heavy atom. The van der Waals surface area contributed by atoms with Crippen LogP contribution >= 0.6 is 0 Å². The predicted molar refractivity (Wildman–Crippen MR) is 51.2 cm³/mol. The molecule has 0 aromatic carbocycles. The fraction of sp³-hybridized carbons (Fsp3) is 1.00. The minimum absolute atomic E-state index is 0.462. The van der Waals surface area contributed by atoms with Crippen molar-refractivity contribution < 1.29 is 33.6 Å². The maximum absolute atomic E-state index is 11.2. The highest BCUT2D eigenvalue weighted by molar-refractivity contribution is 7.82. The SMILES string of the molecule is O=S1(=O)OC2CCCC3OS(=O)(=O)OC3C2O1. The van der Waals surface area contributed by atoms with E-state index < -0.39 is 45.2 Å². The zero-order chi connectivity index (χ0) is 12.3. The molecular weight excluding hydrogens is 276 g/mol. The van der Waals surface area contributed by atoms with E-state index in [1.807, 2.05) is 0 Å². The minimum atomic E-state index is -4.05. The lowest BCUT2D eigenvalue weighted by atomic mass is 10.1. The largest absolute Gasteiger partial charge is 0.400 e. The molecule has 2 saturated heterocycles. The summed E-state index contributed by atoms with van der Waals surface area (Å²) >= 11 is 0. The third kappa shape index (κ3) is 2.09. The fourth-order valence-electron chi connectivity index (χ4n) is 2.33. The molecule has 0 spiro atoms. The molecule has 0 bridgehead atoms. The van der Waals surface area contributed by atoms with Crippen molar-refractivity contribution in [3.63, 3.8) is 0 Å². The third-order valence-corrected chi connectivity index (χ3v) is 4.86. The van der Waals surface area contributed by atoms with Gasteiger partial charge in [-0.05, 0) is 19.3 Å². The smallest absolute Gasteiger partial charge is 0.242 e. The van der Waals surface area contributed by atoms with Crippen molar-refractivity contribution in [2.45, 2.75) is 43.7 Å². The van der Waals surface area contributed by atoms with Gasteiger partial charge in [0.25, 0.3) is 0 Å². The van der Waals surface area contributed by atoms with Crippen LogP contribution in [-0.4, -0.2) is 41.3 Å². The number of rotatable bonds is 0. The Kier molecular flexibility index (Phi) is 2.51. The van der Waals surface area contributed by atoms with Gasteiger partial charge in [-0.25, -0.2) is 16.7 Å². The lowest BCUT2D eigenvalue weighted by Gasteiger charge is -2.17. The van der Waals surface area contributed by atoms with Crippen molar-refractivity contribution >= 4 is 20.8 Å². The highest BCUT2D eigenvalue weighted by Gasteiger charge is 2.55. The zero-order valence-electron chi connectivity index (χ0n) is 8.51. The van der Waals surface area contributed by atoms with Crippen molar-refractivity contribution in [1.29, 1.82) is 0 Å². The first kappa shape index (κ1) is 11.8. The first-order valence-corrected chi connectivity index (χ1v) is 7.76. The average Bonchev–Trinajstić information content (AvgIpc) is 2.59. The molecule has 3 fully saturated rings. The Balaban J connectivity index is 1.93. The van der Waals surface area contributed by atoms with Crippen LogP contribution in [0.1, 0.15) is 19.3 Å². The molecule has 3 aliphatic rings. The summed E-state index contributed by atoms with van der Waals surface area (Å²) in [5.41, 5.74) is 0. The summed E-state index contributed by atoms with van der Waals surface area (Å²) in [6, 6.07) is 0. The van der Waals surface area contributed by atoms with Crippen molar-refractivity contribution in [3.8, 4) is 0 Å². The summed E-state index contributed by atoms with van der Waals surface area (Å²) in [6.07, 6.45) is -1.80. The summed E-state index contributed by atoms with van der Waals surface area (Å²) in [4.78, 5) is 0. The lowest BCUT2D eigenvalue weighted by molar-refractivity contribution is 0.0290. The maximum atomic E-state index is 11.2. The lowest BCUT2D eigenvalue weighted by Crippen LogP contribution is -2.39. The van der Waals surface area contributed by atoms with Crippen LogP contribution in [0.3, 0.4) is 0 Å². The van der Waals surface area contributed by atoms with E-state index in [1.165, 1.54) is 0 Å². The number of fused-ring (bicyclic) bond motifs is 3. The average molecular weight is 286 g/mol. The molecule has 0 N–H and O–H groups in total. The molecular formula is C7H10O8S2. The van der Waals surface area contributed by atoms with Gasteiger partial charge in [0.1, 0.15) is 24.4 Å². The Morgan fingerprint density at radius 2 is 1.12 bits per heavy atom. The molecule has 4 atom stereocenters. The van der Waals surface area contributed by atoms with Crippen molar-refractivity contribution in [3.05, 3.63) is 0 Å². The van der Waals surface area contributed by atoms with Crippen LogP contribution < -0.4 is 0 Å². The molecule has 98 valence electrons. The second-order valence-electron chi connectivity index (χ2n) is 4.14. The quantitative estimate of drug-likeness (QED) is 0.571. The van der Waals surface area contributed by atoms with E-state index >= 15 is 0 Å². The second kappa shape index (κ2) is 3.62. The van der Waals surface area contributed by atoms with Crippen molar-refractivity contribution in [2.75, 3.05) is 0 Å². The first-order chi connectivity index (χ1) is 7.86. The van der Waals surface area contributed by atoms with Gasteiger partial charge in [0.2, 0.25) is 0 Å². The van der Waals surface area contributed by atoms with Gasteiger partial charge in [0.05, 0.1) is 0 Å². The van der Waals surface area contributed by atoms with Gasteiger partial charge in [0, 0.05) is 0 Å². The molecule has 8 nitrogen and oxygen atoms in total. The van der Waals surface area contributed by atoms with Crippen LogP contribution in [0.4, 0.5) is 0 Å². The van der Waals surface area contributed by atoms with E-state index in [0.717, 1.165) is 0 Å². The van der Waals surface area contributed by atoms with Crippen molar-refractivity contribution in [2.24, 2.45) is 0 Å². The van der Waals surface area contributed by atoms with Crippen molar-refractivity contribution in [1.82, 2.24) is 0 Å². The monoisotopic (exact) mass is 286 g/mol. The van der Waals surface area contributed by atoms with Crippen LogP contribution in [0, 0.1) is 0 Å². The highest BCUT2D eigenvalue weighted by Crippen LogP contribution is 2.38. The van der Waals surface area contributed by atoms with E-state index in [9.17, 15) is 16.8 Å². The Labute approximate surface area is 98.5 Å². The molecule has 0 amide bonds. The molecule has 4 unspecified atom stereocenters. The predicted octanol–water partition coefficient (Wildman–Crippen LogP) is -0.772. The van der Waals surface area contributed by atoms with Gasteiger partial charge in [-0.2, -0.15) is 16.8 Å². The summed E-state index contributed by atoms with van der Waals surface area (Å²) in [6.45, 7) is 0. The van der Waals surface area contributed by atoms with Gasteiger partial charge < -0.3 is 0 Å². The first-order valence-electron chi connectivity index (χ1n) is 5.09. The van der Waals surface area contributed by atoms with Gasteiger partial charge in [-0.15, -0.1) is 0 Å². The van der Waals surface area contributed by atoms with E-state index in [-0.39, 0.29) is 0 Å². The van der Waals surface area contributed by atoms with E-state index in [1.54, 1.807) is 0 Å². The van der Waals surface area contributed by atoms with Crippen LogP contribution in [0.2, 0.25) is 0 Å². The Hall–Kier alpha value is -0.260. The van der Waals surface area contributed by atoms with Gasteiger partial charge in [-0.1, -0.05) is 0 Å². The second-order valence-corrected chi connectivity index (χ2v) is 6.54.